The number of hydrogen-bond donors (Lipinski definition) is 1. The van der Waals surface area contributed by atoms with Gasteiger partial charge >= 0.3 is 0 Å². The van der Waals surface area contributed by atoms with E-state index in [0.717, 1.165) is 30.8 Å². The average molecular weight is 324 g/mol. The third-order valence-corrected chi connectivity index (χ3v) is 5.92. The fourth-order valence-electron chi connectivity index (χ4n) is 1.88. The Hall–Kier alpha value is -0.630. The summed E-state index contributed by atoms with van der Waals surface area (Å²) in [5, 5.41) is 2.88. The van der Waals surface area contributed by atoms with Gasteiger partial charge in [-0.3, -0.25) is 4.79 Å². The molecule has 1 N–H and O–H groups in total. The van der Waals surface area contributed by atoms with Crippen molar-refractivity contribution >= 4 is 37.0 Å². The Labute approximate surface area is 120 Å². The molecule has 1 aromatic heterocycles. The van der Waals surface area contributed by atoms with E-state index in [2.05, 4.69) is 5.32 Å². The van der Waals surface area contributed by atoms with E-state index >= 15 is 0 Å². The Morgan fingerprint density at radius 3 is 2.89 bits per heavy atom. The zero-order valence-corrected chi connectivity index (χ0v) is 12.5. The van der Waals surface area contributed by atoms with E-state index in [1.54, 1.807) is 6.07 Å². The molecule has 1 aliphatic rings. The van der Waals surface area contributed by atoms with Gasteiger partial charge in [-0.2, -0.15) is 0 Å². The minimum atomic E-state index is -3.71. The van der Waals surface area contributed by atoms with E-state index in [1.807, 2.05) is 0 Å². The second-order valence-corrected chi connectivity index (χ2v) is 8.28. The molecule has 1 fully saturated rings. The van der Waals surface area contributed by atoms with Gasteiger partial charge in [0.2, 0.25) is 5.91 Å². The summed E-state index contributed by atoms with van der Waals surface area (Å²) in [6.45, 7) is 1.28. The number of amides is 1. The number of ether oxygens (including phenoxy) is 1. The maximum Gasteiger partial charge on any atom is 0.270 e. The fourth-order valence-corrected chi connectivity index (χ4v) is 4.00. The standard InChI is InChI=1S/C11H14ClNO4S2/c12-19(15,16)11-4-3-9(18-11)6-10(14)13-8-2-1-5-17-7-8/h3-4,8H,1-2,5-7H2,(H,13,14). The summed E-state index contributed by atoms with van der Waals surface area (Å²) in [4.78, 5) is 12.5. The molecular formula is C11H14ClNO4S2. The van der Waals surface area contributed by atoms with Crippen LogP contribution in [0.4, 0.5) is 0 Å². The van der Waals surface area contributed by atoms with Crippen LogP contribution in [0.3, 0.4) is 0 Å². The van der Waals surface area contributed by atoms with Gasteiger partial charge in [0, 0.05) is 22.2 Å². The normalized spacial score (nSPS) is 20.2. The molecule has 1 saturated heterocycles. The smallest absolute Gasteiger partial charge is 0.270 e. The summed E-state index contributed by atoms with van der Waals surface area (Å²) in [5.41, 5.74) is 0. The van der Waals surface area contributed by atoms with Crippen LogP contribution >= 0.6 is 22.0 Å². The quantitative estimate of drug-likeness (QED) is 0.853. The Bertz CT molecular complexity index is 549. The number of hydrogen-bond acceptors (Lipinski definition) is 5. The lowest BCUT2D eigenvalue weighted by Crippen LogP contribution is -2.41. The Morgan fingerprint density at radius 2 is 2.32 bits per heavy atom. The molecule has 8 heteroatoms. The van der Waals surface area contributed by atoms with E-state index in [9.17, 15) is 13.2 Å². The molecule has 0 saturated carbocycles. The van der Waals surface area contributed by atoms with Crippen LogP contribution in [0, 0.1) is 0 Å². The largest absolute Gasteiger partial charge is 0.379 e. The molecule has 1 aliphatic heterocycles. The maximum absolute atomic E-state index is 11.8. The number of carbonyl (C=O) groups excluding carboxylic acids is 1. The van der Waals surface area contributed by atoms with Crippen molar-refractivity contribution in [2.75, 3.05) is 13.2 Å². The van der Waals surface area contributed by atoms with Crippen molar-refractivity contribution < 1.29 is 17.9 Å². The molecule has 0 bridgehead atoms. The highest BCUT2D eigenvalue weighted by Crippen LogP contribution is 2.25. The summed E-state index contributed by atoms with van der Waals surface area (Å²) in [5.74, 6) is -0.129. The van der Waals surface area contributed by atoms with Gasteiger partial charge in [-0.25, -0.2) is 8.42 Å². The molecule has 5 nitrogen and oxygen atoms in total. The molecule has 1 aromatic rings. The van der Waals surface area contributed by atoms with Crippen molar-refractivity contribution in [2.45, 2.75) is 29.5 Å². The first-order chi connectivity index (χ1) is 8.95. The van der Waals surface area contributed by atoms with Gasteiger partial charge in [-0.15, -0.1) is 11.3 Å². The molecular weight excluding hydrogens is 310 g/mol. The summed E-state index contributed by atoms with van der Waals surface area (Å²) in [6, 6.07) is 3.08. The third kappa shape index (κ3) is 4.45. The number of thiophene rings is 1. The molecule has 0 radical (unpaired) electrons. The van der Waals surface area contributed by atoms with Gasteiger partial charge in [0.05, 0.1) is 19.1 Å². The lowest BCUT2D eigenvalue weighted by molar-refractivity contribution is -0.122. The summed E-state index contributed by atoms with van der Waals surface area (Å²) >= 11 is 1.02. The predicted octanol–water partition coefficient (Wildman–Crippen LogP) is 1.51. The van der Waals surface area contributed by atoms with Crippen LogP contribution in [-0.2, 0) is 25.0 Å². The van der Waals surface area contributed by atoms with Gasteiger partial charge in [0.25, 0.3) is 9.05 Å². The number of halogens is 1. The van der Waals surface area contributed by atoms with Crippen molar-refractivity contribution in [2.24, 2.45) is 0 Å². The van der Waals surface area contributed by atoms with Crippen LogP contribution in [0.15, 0.2) is 16.3 Å². The van der Waals surface area contributed by atoms with E-state index in [0.29, 0.717) is 11.5 Å². The molecule has 106 valence electrons. The molecule has 0 aliphatic carbocycles. The van der Waals surface area contributed by atoms with Crippen molar-refractivity contribution in [3.63, 3.8) is 0 Å². The molecule has 2 heterocycles. The van der Waals surface area contributed by atoms with Crippen molar-refractivity contribution in [1.29, 1.82) is 0 Å². The van der Waals surface area contributed by atoms with Gasteiger partial charge < -0.3 is 10.1 Å². The molecule has 0 aromatic carbocycles. The van der Waals surface area contributed by atoms with Crippen LogP contribution in [0.2, 0.25) is 0 Å². The summed E-state index contributed by atoms with van der Waals surface area (Å²) in [6.07, 6.45) is 2.02. The SMILES string of the molecule is O=C(Cc1ccc(S(=O)(=O)Cl)s1)NC1CCCOC1. The van der Waals surface area contributed by atoms with Gasteiger partial charge in [-0.1, -0.05) is 0 Å². The lowest BCUT2D eigenvalue weighted by atomic mass is 10.1. The fraction of sp³-hybridized carbons (Fsp3) is 0.545. The molecule has 0 spiro atoms. The van der Waals surface area contributed by atoms with Crippen LogP contribution in [-0.4, -0.2) is 33.6 Å². The molecule has 1 atom stereocenters. The summed E-state index contributed by atoms with van der Waals surface area (Å²) < 4.78 is 27.6. The van der Waals surface area contributed by atoms with E-state index < -0.39 is 9.05 Å². The van der Waals surface area contributed by atoms with Crippen molar-refractivity contribution in [3.8, 4) is 0 Å². The monoisotopic (exact) mass is 323 g/mol. The first kappa shape index (κ1) is 14.8. The molecule has 2 rings (SSSR count). The minimum absolute atomic E-state index is 0.0532. The number of rotatable bonds is 4. The number of nitrogens with one attached hydrogen (secondary N) is 1. The van der Waals surface area contributed by atoms with E-state index in [-0.39, 0.29) is 22.6 Å². The van der Waals surface area contributed by atoms with Gasteiger partial charge in [0.1, 0.15) is 4.21 Å². The Balaban J connectivity index is 1.90. The van der Waals surface area contributed by atoms with Crippen LogP contribution < -0.4 is 5.32 Å². The van der Waals surface area contributed by atoms with Crippen LogP contribution in [0.5, 0.6) is 0 Å². The third-order valence-electron chi connectivity index (χ3n) is 2.74. The van der Waals surface area contributed by atoms with Crippen LogP contribution in [0.25, 0.3) is 0 Å². The van der Waals surface area contributed by atoms with E-state index in [4.69, 9.17) is 15.4 Å². The summed E-state index contributed by atoms with van der Waals surface area (Å²) in [7, 11) is 1.52. The molecule has 19 heavy (non-hydrogen) atoms. The van der Waals surface area contributed by atoms with Gasteiger partial charge in [0.15, 0.2) is 0 Å². The predicted molar refractivity (Wildman–Crippen MR) is 73.0 cm³/mol. The lowest BCUT2D eigenvalue weighted by Gasteiger charge is -2.22. The first-order valence-electron chi connectivity index (χ1n) is 5.85. The zero-order valence-electron chi connectivity index (χ0n) is 10.1. The van der Waals surface area contributed by atoms with Crippen LogP contribution in [0.1, 0.15) is 17.7 Å². The highest BCUT2D eigenvalue weighted by atomic mass is 35.7. The average Bonchev–Trinajstić information content (AvgIpc) is 2.78. The number of carbonyl (C=O) groups is 1. The van der Waals surface area contributed by atoms with E-state index in [1.165, 1.54) is 6.07 Å². The van der Waals surface area contributed by atoms with Gasteiger partial charge in [-0.05, 0) is 25.0 Å². The molecule has 1 amide bonds. The van der Waals surface area contributed by atoms with Crippen molar-refractivity contribution in [3.05, 3.63) is 17.0 Å². The second-order valence-electron chi connectivity index (χ2n) is 4.32. The van der Waals surface area contributed by atoms with Crippen molar-refractivity contribution in [1.82, 2.24) is 5.32 Å². The highest BCUT2D eigenvalue weighted by molar-refractivity contribution is 8.15. The molecule has 1 unspecified atom stereocenters. The zero-order chi connectivity index (χ0) is 13.9. The topological polar surface area (TPSA) is 72.5 Å². The Morgan fingerprint density at radius 1 is 1.53 bits per heavy atom. The second kappa shape index (κ2) is 6.21. The Kier molecular flexibility index (Phi) is 4.83. The first-order valence-corrected chi connectivity index (χ1v) is 8.98. The maximum atomic E-state index is 11.8. The highest BCUT2D eigenvalue weighted by Gasteiger charge is 2.18. The minimum Gasteiger partial charge on any atom is -0.379 e.